The number of nitrogens with one attached hydrogen (secondary N) is 2. The van der Waals surface area contributed by atoms with Crippen molar-refractivity contribution in [3.63, 3.8) is 0 Å². The van der Waals surface area contributed by atoms with Crippen LogP contribution in [0.15, 0.2) is 72.8 Å². The van der Waals surface area contributed by atoms with Crippen LogP contribution in [0, 0.1) is 23.0 Å². The van der Waals surface area contributed by atoms with Gasteiger partial charge >= 0.3 is 5.97 Å². The van der Waals surface area contributed by atoms with Gasteiger partial charge in [-0.25, -0.2) is 18.6 Å². The summed E-state index contributed by atoms with van der Waals surface area (Å²) in [7, 11) is 2.83. The Morgan fingerprint density at radius 3 is 2.44 bits per heavy atom. The van der Waals surface area contributed by atoms with Crippen LogP contribution in [0.5, 0.6) is 5.88 Å². The number of amides is 1. The summed E-state index contributed by atoms with van der Waals surface area (Å²) in [5.74, 6) is -1.94. The summed E-state index contributed by atoms with van der Waals surface area (Å²) in [5.41, 5.74) is 2.71. The molecule has 0 unspecified atom stereocenters. The fourth-order valence-corrected chi connectivity index (χ4v) is 4.09. The fourth-order valence-electron chi connectivity index (χ4n) is 4.09. The van der Waals surface area contributed by atoms with Gasteiger partial charge in [0.1, 0.15) is 18.2 Å². The molecule has 0 spiro atoms. The molecule has 220 valence electrons. The summed E-state index contributed by atoms with van der Waals surface area (Å²) >= 11 is 0. The Bertz CT molecular complexity index is 1670. The predicted molar refractivity (Wildman–Crippen MR) is 156 cm³/mol. The molecule has 11 heteroatoms. The van der Waals surface area contributed by atoms with E-state index in [1.165, 1.54) is 37.4 Å². The van der Waals surface area contributed by atoms with Crippen LogP contribution in [0.25, 0.3) is 11.3 Å². The van der Waals surface area contributed by atoms with E-state index in [2.05, 4.69) is 15.6 Å². The standard InChI is InChI=1S/C32H28F2N4O5/c1-41-13-12-36-29-16-23(32(40)42-2)10-11-28(29)37-30(39)17-21-8-9-22(15-26(21)34)27-4-3-5-31(38-27)43-19-24-7-6-20(18-35)14-25(24)33/h3-11,14-16,36H,12-13,17,19H2,1-2H3,(H,37,39). The highest BCUT2D eigenvalue weighted by Crippen LogP contribution is 2.26. The Labute approximate surface area is 247 Å². The SMILES string of the molecule is COCCNc1cc(C(=O)OC)ccc1NC(=O)Cc1ccc(-c2cccc(OCc3ccc(C#N)cc3F)n2)cc1F. The first-order chi connectivity index (χ1) is 20.8. The second kappa shape index (κ2) is 14.5. The number of ether oxygens (including phenoxy) is 3. The van der Waals surface area contributed by atoms with Gasteiger partial charge in [-0.2, -0.15) is 5.26 Å². The van der Waals surface area contributed by atoms with Gasteiger partial charge < -0.3 is 24.8 Å². The topological polar surface area (TPSA) is 123 Å². The van der Waals surface area contributed by atoms with Crippen molar-refractivity contribution in [2.24, 2.45) is 0 Å². The van der Waals surface area contributed by atoms with Crippen LogP contribution >= 0.6 is 0 Å². The zero-order valence-corrected chi connectivity index (χ0v) is 23.4. The zero-order chi connectivity index (χ0) is 30.8. The maximum Gasteiger partial charge on any atom is 0.337 e. The average molecular weight is 587 g/mol. The van der Waals surface area contributed by atoms with Gasteiger partial charge in [0, 0.05) is 30.8 Å². The predicted octanol–water partition coefficient (Wildman–Crippen LogP) is 5.50. The number of halogens is 2. The minimum absolute atomic E-state index is 0.106. The number of benzene rings is 3. The average Bonchev–Trinajstić information content (AvgIpc) is 3.02. The zero-order valence-electron chi connectivity index (χ0n) is 23.4. The molecule has 9 nitrogen and oxygen atoms in total. The Balaban J connectivity index is 1.43. The molecule has 0 saturated carbocycles. The molecule has 0 atom stereocenters. The first kappa shape index (κ1) is 30.6. The quantitative estimate of drug-likeness (QED) is 0.165. The van der Waals surface area contributed by atoms with Crippen LogP contribution in [0.2, 0.25) is 0 Å². The van der Waals surface area contributed by atoms with E-state index in [0.29, 0.717) is 41.3 Å². The molecule has 0 fully saturated rings. The second-order valence-corrected chi connectivity index (χ2v) is 9.27. The summed E-state index contributed by atoms with van der Waals surface area (Å²) < 4.78 is 44.7. The van der Waals surface area contributed by atoms with Gasteiger partial charge in [0.25, 0.3) is 0 Å². The second-order valence-electron chi connectivity index (χ2n) is 9.27. The molecule has 0 aliphatic heterocycles. The summed E-state index contributed by atoms with van der Waals surface area (Å²) in [4.78, 5) is 29.2. The number of pyridine rings is 1. The number of carbonyl (C=O) groups is 2. The molecule has 2 N–H and O–H groups in total. The third-order valence-corrected chi connectivity index (χ3v) is 6.32. The first-order valence-corrected chi connectivity index (χ1v) is 13.1. The van der Waals surface area contributed by atoms with E-state index in [4.69, 9.17) is 19.5 Å². The summed E-state index contributed by atoms with van der Waals surface area (Å²) in [6.45, 7) is 0.713. The van der Waals surface area contributed by atoms with E-state index in [1.807, 2.05) is 6.07 Å². The van der Waals surface area contributed by atoms with Gasteiger partial charge in [0.15, 0.2) is 0 Å². The van der Waals surface area contributed by atoms with Gasteiger partial charge in [-0.1, -0.05) is 24.3 Å². The van der Waals surface area contributed by atoms with Crippen molar-refractivity contribution in [1.82, 2.24) is 4.98 Å². The van der Waals surface area contributed by atoms with Crippen LogP contribution in [0.4, 0.5) is 20.2 Å². The highest BCUT2D eigenvalue weighted by molar-refractivity contribution is 5.98. The summed E-state index contributed by atoms with van der Waals surface area (Å²) in [6, 6.07) is 20.0. The Kier molecular flexibility index (Phi) is 10.3. The lowest BCUT2D eigenvalue weighted by molar-refractivity contribution is -0.115. The molecule has 0 saturated heterocycles. The molecule has 0 bridgehead atoms. The molecule has 0 aliphatic carbocycles. The van der Waals surface area contributed by atoms with Crippen molar-refractivity contribution in [3.05, 3.63) is 107 Å². The molecule has 43 heavy (non-hydrogen) atoms. The third-order valence-electron chi connectivity index (χ3n) is 6.32. The number of nitriles is 1. The monoisotopic (exact) mass is 586 g/mol. The largest absolute Gasteiger partial charge is 0.473 e. The molecule has 4 aromatic rings. The van der Waals surface area contributed by atoms with Gasteiger partial charge in [0.05, 0.1) is 54.4 Å². The van der Waals surface area contributed by atoms with Crippen molar-refractivity contribution in [3.8, 4) is 23.2 Å². The van der Waals surface area contributed by atoms with E-state index in [1.54, 1.807) is 43.5 Å². The van der Waals surface area contributed by atoms with E-state index >= 15 is 4.39 Å². The number of aromatic nitrogens is 1. The number of anilines is 2. The molecule has 0 aliphatic rings. The normalized spacial score (nSPS) is 10.5. The maximum absolute atomic E-state index is 15.1. The van der Waals surface area contributed by atoms with Crippen LogP contribution in [-0.2, 0) is 27.3 Å². The van der Waals surface area contributed by atoms with Crippen molar-refractivity contribution in [2.75, 3.05) is 38.0 Å². The maximum atomic E-state index is 15.1. The Hall–Kier alpha value is -5.34. The van der Waals surface area contributed by atoms with Gasteiger partial charge in [0.2, 0.25) is 11.8 Å². The number of esters is 1. The first-order valence-electron chi connectivity index (χ1n) is 13.1. The smallest absolute Gasteiger partial charge is 0.337 e. The van der Waals surface area contributed by atoms with Crippen molar-refractivity contribution in [2.45, 2.75) is 13.0 Å². The number of hydrogen-bond acceptors (Lipinski definition) is 8. The lowest BCUT2D eigenvalue weighted by atomic mass is 10.0. The Morgan fingerprint density at radius 1 is 0.930 bits per heavy atom. The summed E-state index contributed by atoms with van der Waals surface area (Å²) in [5, 5.41) is 14.7. The Morgan fingerprint density at radius 2 is 1.72 bits per heavy atom. The minimum atomic E-state index is -0.597. The number of hydrogen-bond donors (Lipinski definition) is 2. The molecule has 0 radical (unpaired) electrons. The van der Waals surface area contributed by atoms with Gasteiger partial charge in [-0.05, 0) is 48.0 Å². The van der Waals surface area contributed by atoms with Crippen LogP contribution < -0.4 is 15.4 Å². The number of rotatable bonds is 12. The van der Waals surface area contributed by atoms with E-state index in [-0.39, 0.29) is 35.6 Å². The highest BCUT2D eigenvalue weighted by Gasteiger charge is 2.15. The van der Waals surface area contributed by atoms with E-state index in [9.17, 15) is 14.0 Å². The van der Waals surface area contributed by atoms with Crippen LogP contribution in [-0.4, -0.2) is 44.2 Å². The molecular formula is C32H28F2N4O5. The van der Waals surface area contributed by atoms with E-state index in [0.717, 1.165) is 6.07 Å². The molecular weight excluding hydrogens is 558 g/mol. The molecule has 1 aromatic heterocycles. The number of nitrogens with zero attached hydrogens (tertiary/aromatic N) is 2. The fraction of sp³-hybridized carbons (Fsp3) is 0.188. The number of methoxy groups -OCH3 is 2. The highest BCUT2D eigenvalue weighted by atomic mass is 19.1. The number of carbonyl (C=O) groups excluding carboxylic acids is 2. The minimum Gasteiger partial charge on any atom is -0.473 e. The van der Waals surface area contributed by atoms with E-state index < -0.39 is 23.5 Å². The molecule has 4 rings (SSSR count). The third kappa shape index (κ3) is 8.12. The lowest BCUT2D eigenvalue weighted by Gasteiger charge is -2.15. The molecule has 3 aromatic carbocycles. The van der Waals surface area contributed by atoms with Gasteiger partial charge in [-0.15, -0.1) is 0 Å². The van der Waals surface area contributed by atoms with Crippen LogP contribution in [0.3, 0.4) is 0 Å². The molecule has 1 amide bonds. The van der Waals surface area contributed by atoms with Crippen molar-refractivity contribution >= 4 is 23.3 Å². The lowest BCUT2D eigenvalue weighted by Crippen LogP contribution is -2.18. The van der Waals surface area contributed by atoms with Crippen molar-refractivity contribution in [1.29, 1.82) is 5.26 Å². The van der Waals surface area contributed by atoms with Crippen LogP contribution in [0.1, 0.15) is 27.0 Å². The van der Waals surface area contributed by atoms with Gasteiger partial charge in [-0.3, -0.25) is 4.79 Å². The molecule has 1 heterocycles. The summed E-state index contributed by atoms with van der Waals surface area (Å²) in [6.07, 6.45) is -0.241. The van der Waals surface area contributed by atoms with Crippen molar-refractivity contribution < 1.29 is 32.6 Å².